The first-order chi connectivity index (χ1) is 10.6. The lowest BCUT2D eigenvalue weighted by atomic mass is 10.3. The van der Waals surface area contributed by atoms with Gasteiger partial charge in [0, 0.05) is 31.1 Å². The Morgan fingerprint density at radius 3 is 2.45 bits per heavy atom. The van der Waals surface area contributed by atoms with Gasteiger partial charge in [-0.05, 0) is 44.4 Å². The lowest BCUT2D eigenvalue weighted by Gasteiger charge is -2.34. The molecular formula is C16H23N3O2S. The molecule has 0 aromatic carbocycles. The number of nitrogens with zero attached hydrogens (tertiary/aromatic N) is 2. The van der Waals surface area contributed by atoms with Crippen molar-refractivity contribution in [1.82, 2.24) is 15.1 Å². The van der Waals surface area contributed by atoms with Gasteiger partial charge in [-0.15, -0.1) is 11.3 Å². The van der Waals surface area contributed by atoms with Gasteiger partial charge in [-0.3, -0.25) is 9.59 Å². The van der Waals surface area contributed by atoms with Gasteiger partial charge in [-0.25, -0.2) is 0 Å². The number of hydrogen-bond acceptors (Lipinski definition) is 4. The van der Waals surface area contributed by atoms with Crippen LogP contribution in [0.25, 0.3) is 0 Å². The van der Waals surface area contributed by atoms with Crippen LogP contribution in [0, 0.1) is 12.8 Å². The zero-order chi connectivity index (χ0) is 15.5. The van der Waals surface area contributed by atoms with Crippen LogP contribution in [0.3, 0.4) is 0 Å². The second-order valence-corrected chi connectivity index (χ2v) is 7.45. The van der Waals surface area contributed by atoms with Gasteiger partial charge in [-0.2, -0.15) is 0 Å². The molecule has 2 heterocycles. The molecule has 1 saturated carbocycles. The summed E-state index contributed by atoms with van der Waals surface area (Å²) in [6.45, 7) is 5.93. The highest BCUT2D eigenvalue weighted by Crippen LogP contribution is 2.27. The molecule has 1 saturated heterocycles. The summed E-state index contributed by atoms with van der Waals surface area (Å²) in [4.78, 5) is 30.1. The first-order valence-electron chi connectivity index (χ1n) is 7.97. The Bertz CT molecular complexity index is 545. The summed E-state index contributed by atoms with van der Waals surface area (Å²) < 4.78 is 0. The van der Waals surface area contributed by atoms with Crippen molar-refractivity contribution in [3.63, 3.8) is 0 Å². The fourth-order valence-corrected chi connectivity index (χ4v) is 3.52. The molecule has 6 heteroatoms. The predicted molar refractivity (Wildman–Crippen MR) is 87.1 cm³/mol. The summed E-state index contributed by atoms with van der Waals surface area (Å²) in [7, 11) is 0. The number of thiophene rings is 1. The molecular weight excluding hydrogens is 298 g/mol. The summed E-state index contributed by atoms with van der Waals surface area (Å²) in [5.74, 6) is 1.04. The van der Waals surface area contributed by atoms with E-state index in [2.05, 4.69) is 5.32 Å². The Hall–Kier alpha value is -1.40. The molecule has 0 radical (unpaired) electrons. The molecule has 22 heavy (non-hydrogen) atoms. The number of carbonyl (C=O) groups excluding carboxylic acids is 2. The number of aryl methyl sites for hydroxylation is 1. The first-order valence-corrected chi connectivity index (χ1v) is 8.79. The van der Waals surface area contributed by atoms with E-state index in [0.29, 0.717) is 32.7 Å². The standard InChI is InChI=1S/C16H23N3O2S/c1-12-2-5-14(22-12)16(21)19-8-6-18(7-9-19)15(20)11-17-10-13-3-4-13/h2,5,13,17H,3-4,6-11H2,1H3. The van der Waals surface area contributed by atoms with Crippen LogP contribution in [0.5, 0.6) is 0 Å². The average Bonchev–Trinajstić information content (AvgIpc) is 3.25. The van der Waals surface area contributed by atoms with Crippen molar-refractivity contribution in [3.8, 4) is 0 Å². The van der Waals surface area contributed by atoms with E-state index in [1.165, 1.54) is 24.2 Å². The maximum Gasteiger partial charge on any atom is 0.264 e. The molecule has 2 fully saturated rings. The van der Waals surface area contributed by atoms with Crippen LogP contribution in [0.1, 0.15) is 27.4 Å². The van der Waals surface area contributed by atoms with Crippen molar-refractivity contribution in [2.45, 2.75) is 19.8 Å². The minimum absolute atomic E-state index is 0.0945. The minimum atomic E-state index is 0.0945. The van der Waals surface area contributed by atoms with E-state index >= 15 is 0 Å². The average molecular weight is 321 g/mol. The van der Waals surface area contributed by atoms with Gasteiger partial charge in [0.1, 0.15) is 0 Å². The third kappa shape index (κ3) is 3.87. The van der Waals surface area contributed by atoms with Gasteiger partial charge >= 0.3 is 0 Å². The van der Waals surface area contributed by atoms with Crippen LogP contribution in [0.2, 0.25) is 0 Å². The largest absolute Gasteiger partial charge is 0.338 e. The molecule has 0 bridgehead atoms. The van der Waals surface area contributed by atoms with Crippen LogP contribution < -0.4 is 5.32 Å². The lowest BCUT2D eigenvalue weighted by Crippen LogP contribution is -2.52. The maximum atomic E-state index is 12.4. The molecule has 0 unspecified atom stereocenters. The Morgan fingerprint density at radius 1 is 1.18 bits per heavy atom. The van der Waals surface area contributed by atoms with E-state index in [0.717, 1.165) is 22.2 Å². The Kier molecular flexibility index (Phi) is 4.78. The first kappa shape index (κ1) is 15.5. The molecule has 1 aliphatic heterocycles. The van der Waals surface area contributed by atoms with E-state index in [1.807, 2.05) is 28.9 Å². The minimum Gasteiger partial charge on any atom is -0.338 e. The quantitative estimate of drug-likeness (QED) is 0.890. The third-order valence-electron chi connectivity index (χ3n) is 4.28. The fraction of sp³-hybridized carbons (Fsp3) is 0.625. The van der Waals surface area contributed by atoms with Gasteiger partial charge in [0.25, 0.3) is 5.91 Å². The van der Waals surface area contributed by atoms with Crippen LogP contribution in [-0.2, 0) is 4.79 Å². The Balaban J connectivity index is 1.43. The summed E-state index contributed by atoms with van der Waals surface area (Å²) in [6, 6.07) is 3.87. The number of nitrogens with one attached hydrogen (secondary N) is 1. The van der Waals surface area contributed by atoms with E-state index in [1.54, 1.807) is 0 Å². The molecule has 2 aliphatic rings. The second kappa shape index (κ2) is 6.79. The van der Waals surface area contributed by atoms with Crippen LogP contribution in [0.15, 0.2) is 12.1 Å². The number of hydrogen-bond donors (Lipinski definition) is 1. The monoisotopic (exact) mass is 321 g/mol. The SMILES string of the molecule is Cc1ccc(C(=O)N2CCN(C(=O)CNCC3CC3)CC2)s1. The van der Waals surface area contributed by atoms with E-state index in [-0.39, 0.29) is 11.8 Å². The van der Waals surface area contributed by atoms with Crippen molar-refractivity contribution < 1.29 is 9.59 Å². The number of amides is 2. The number of carbonyl (C=O) groups is 2. The molecule has 1 aromatic rings. The highest BCUT2D eigenvalue weighted by atomic mass is 32.1. The molecule has 1 aliphatic carbocycles. The van der Waals surface area contributed by atoms with Crippen LogP contribution in [0.4, 0.5) is 0 Å². The highest BCUT2D eigenvalue weighted by Gasteiger charge is 2.26. The third-order valence-corrected chi connectivity index (χ3v) is 5.27. The lowest BCUT2D eigenvalue weighted by molar-refractivity contribution is -0.131. The van der Waals surface area contributed by atoms with E-state index in [9.17, 15) is 9.59 Å². The zero-order valence-electron chi connectivity index (χ0n) is 13.0. The molecule has 2 amide bonds. The van der Waals surface area contributed by atoms with Crippen LogP contribution in [-0.4, -0.2) is 60.9 Å². The van der Waals surface area contributed by atoms with Gasteiger partial charge in [0.2, 0.25) is 5.91 Å². The number of rotatable bonds is 5. The summed E-state index contributed by atoms with van der Waals surface area (Å²) in [5, 5.41) is 3.24. The zero-order valence-corrected chi connectivity index (χ0v) is 13.8. The van der Waals surface area contributed by atoms with Crippen molar-refractivity contribution >= 4 is 23.2 Å². The normalized spacial score (nSPS) is 18.6. The van der Waals surface area contributed by atoms with Crippen molar-refractivity contribution in [2.75, 3.05) is 39.3 Å². The van der Waals surface area contributed by atoms with Gasteiger partial charge in [0.05, 0.1) is 11.4 Å². The molecule has 1 aromatic heterocycles. The molecule has 3 rings (SSSR count). The van der Waals surface area contributed by atoms with Crippen molar-refractivity contribution in [3.05, 3.63) is 21.9 Å². The van der Waals surface area contributed by atoms with Gasteiger partial charge < -0.3 is 15.1 Å². The topological polar surface area (TPSA) is 52.7 Å². The van der Waals surface area contributed by atoms with E-state index < -0.39 is 0 Å². The smallest absolute Gasteiger partial charge is 0.264 e. The molecule has 120 valence electrons. The predicted octanol–water partition coefficient (Wildman–Crippen LogP) is 1.34. The fourth-order valence-electron chi connectivity index (χ4n) is 2.68. The van der Waals surface area contributed by atoms with Gasteiger partial charge in [-0.1, -0.05) is 0 Å². The van der Waals surface area contributed by atoms with Crippen molar-refractivity contribution in [2.24, 2.45) is 5.92 Å². The van der Waals surface area contributed by atoms with E-state index in [4.69, 9.17) is 0 Å². The van der Waals surface area contributed by atoms with Crippen LogP contribution >= 0.6 is 11.3 Å². The summed E-state index contributed by atoms with van der Waals surface area (Å²) >= 11 is 1.53. The second-order valence-electron chi connectivity index (χ2n) is 6.16. The van der Waals surface area contributed by atoms with Gasteiger partial charge in [0.15, 0.2) is 0 Å². The summed E-state index contributed by atoms with van der Waals surface area (Å²) in [6.07, 6.45) is 2.59. The summed E-state index contributed by atoms with van der Waals surface area (Å²) in [5.41, 5.74) is 0. The molecule has 0 spiro atoms. The molecule has 0 atom stereocenters. The Morgan fingerprint density at radius 2 is 1.86 bits per heavy atom. The van der Waals surface area contributed by atoms with Crippen molar-refractivity contribution in [1.29, 1.82) is 0 Å². The number of piperazine rings is 1. The molecule has 5 nitrogen and oxygen atoms in total. The maximum absolute atomic E-state index is 12.4. The Labute approximate surface area is 135 Å². The highest BCUT2D eigenvalue weighted by molar-refractivity contribution is 7.13. The molecule has 1 N–H and O–H groups in total.